The number of nitrogens with zero attached hydrogens (tertiary/aromatic N) is 5. The van der Waals surface area contributed by atoms with E-state index in [0.29, 0.717) is 47.5 Å². The molecule has 6 aliphatic rings. The molecule has 55 heavy (non-hydrogen) atoms. The van der Waals surface area contributed by atoms with Crippen LogP contribution in [0.4, 0.5) is 5.69 Å². The van der Waals surface area contributed by atoms with Gasteiger partial charge in [0.25, 0.3) is 11.8 Å². The predicted molar refractivity (Wildman–Crippen MR) is 205 cm³/mol. The molecule has 0 spiro atoms. The first-order valence-electron chi connectivity index (χ1n) is 19.3. The molecule has 3 aromatic carbocycles. The van der Waals surface area contributed by atoms with Gasteiger partial charge in [-0.25, -0.2) is 0 Å². The third-order valence-corrected chi connectivity index (χ3v) is 13.6. The molecule has 4 amide bonds. The maximum absolute atomic E-state index is 13.9. The summed E-state index contributed by atoms with van der Waals surface area (Å²) in [6.45, 7) is 13.1. The Kier molecular flexibility index (Phi) is 8.33. The maximum atomic E-state index is 13.9. The highest BCUT2D eigenvalue weighted by Crippen LogP contribution is 2.59. The van der Waals surface area contributed by atoms with E-state index in [4.69, 9.17) is 16.3 Å². The Morgan fingerprint density at radius 2 is 1.45 bits per heavy atom. The van der Waals surface area contributed by atoms with E-state index in [2.05, 4.69) is 67.1 Å². The number of carbonyl (C=O) groups excluding carboxylic acids is 4. The smallest absolute Gasteiger partial charge is 0.255 e. The van der Waals surface area contributed by atoms with Crippen LogP contribution in [0.25, 0.3) is 0 Å². The van der Waals surface area contributed by atoms with Crippen LogP contribution in [-0.4, -0.2) is 75.6 Å². The Bertz CT molecular complexity index is 2200. The highest BCUT2D eigenvalue weighted by atomic mass is 35.5. The largest absolute Gasteiger partial charge is 0.489 e. The van der Waals surface area contributed by atoms with E-state index in [-0.39, 0.29) is 53.0 Å². The van der Waals surface area contributed by atoms with Crippen LogP contribution in [0.1, 0.15) is 102 Å². The minimum Gasteiger partial charge on any atom is -0.489 e. The van der Waals surface area contributed by atoms with E-state index >= 15 is 0 Å². The van der Waals surface area contributed by atoms with E-state index < -0.39 is 6.04 Å². The zero-order valence-corrected chi connectivity index (χ0v) is 32.4. The number of ether oxygens (including phenoxy) is 1. The predicted octanol–water partition coefficient (Wildman–Crippen LogP) is 5.80. The second-order valence-corrected chi connectivity index (χ2v) is 17.8. The van der Waals surface area contributed by atoms with Crippen molar-refractivity contribution in [2.75, 3.05) is 18.0 Å². The Balaban J connectivity index is 0.820. The van der Waals surface area contributed by atoms with Crippen molar-refractivity contribution in [1.82, 2.24) is 20.0 Å². The number of benzene rings is 3. The molecule has 0 radical (unpaired) electrons. The summed E-state index contributed by atoms with van der Waals surface area (Å²) in [6.07, 6.45) is 2.50. The van der Waals surface area contributed by atoms with Crippen molar-refractivity contribution in [2.45, 2.75) is 104 Å². The lowest BCUT2D eigenvalue weighted by atomic mass is 9.49. The second-order valence-electron chi connectivity index (χ2n) is 17.4. The minimum absolute atomic E-state index is 0.0360. The molecular formula is C43H45ClN6O5. The van der Waals surface area contributed by atoms with Gasteiger partial charge >= 0.3 is 0 Å². The molecule has 1 atom stereocenters. The van der Waals surface area contributed by atoms with Gasteiger partial charge in [-0.2, -0.15) is 5.26 Å². The van der Waals surface area contributed by atoms with E-state index in [0.717, 1.165) is 61.4 Å². The van der Waals surface area contributed by atoms with Gasteiger partial charge in [0, 0.05) is 91.5 Å². The molecule has 0 bridgehead atoms. The van der Waals surface area contributed by atoms with Gasteiger partial charge in [0.1, 0.15) is 24.0 Å². The Hall–Kier alpha value is -4.92. The number of fused-ring (bicyclic) bond motifs is 3. The summed E-state index contributed by atoms with van der Waals surface area (Å²) in [7, 11) is 0. The number of hydrogen-bond donors (Lipinski definition) is 1. The number of hydrogen-bond acceptors (Lipinski definition) is 8. The molecule has 1 N–H and O–H groups in total. The molecule has 3 aromatic rings. The minimum atomic E-state index is -0.600. The second kappa shape index (κ2) is 12.8. The van der Waals surface area contributed by atoms with Gasteiger partial charge in [0.2, 0.25) is 11.8 Å². The van der Waals surface area contributed by atoms with E-state index in [1.54, 1.807) is 23.1 Å². The van der Waals surface area contributed by atoms with Gasteiger partial charge in [0.05, 0.1) is 10.6 Å². The van der Waals surface area contributed by atoms with Crippen LogP contribution >= 0.6 is 11.6 Å². The number of imide groups is 1. The summed E-state index contributed by atoms with van der Waals surface area (Å²) >= 11 is 6.30. The van der Waals surface area contributed by atoms with Crippen molar-refractivity contribution < 1.29 is 23.9 Å². The summed E-state index contributed by atoms with van der Waals surface area (Å²) in [4.78, 5) is 60.1. The summed E-state index contributed by atoms with van der Waals surface area (Å²) < 4.78 is 6.50. The van der Waals surface area contributed by atoms with Crippen LogP contribution < -0.4 is 15.0 Å². The number of nitrogens with one attached hydrogen (secondary N) is 1. The van der Waals surface area contributed by atoms with Crippen LogP contribution in [0, 0.1) is 22.2 Å². The van der Waals surface area contributed by atoms with Crippen LogP contribution in [-0.2, 0) is 35.8 Å². The van der Waals surface area contributed by atoms with Gasteiger partial charge < -0.3 is 19.4 Å². The number of halogens is 1. The zero-order chi connectivity index (χ0) is 38.6. The molecule has 5 heterocycles. The summed E-state index contributed by atoms with van der Waals surface area (Å²) in [5.41, 5.74) is 6.82. The first-order chi connectivity index (χ1) is 26.2. The lowest BCUT2D eigenvalue weighted by Gasteiger charge is -2.65. The van der Waals surface area contributed by atoms with Crippen molar-refractivity contribution in [1.29, 1.82) is 5.26 Å². The monoisotopic (exact) mass is 760 g/mol. The third-order valence-electron chi connectivity index (χ3n) is 13.2. The standard InChI is InChI=1S/C43H45ClN6O5/c1-42(2)40(43(3,4)41(42)55-31-7-5-24(19-45)34(44)18-31)50-23-28-16-30(6-8-32(28)38(50)53)47-13-11-29(12-14-47)48-20-25-15-27-22-49(35-9-10-36(51)46-37(35)52)39(54)33(27)17-26(25)21-48/h5-8,15-18,29,35,40-41H,9-14,20-23H2,1-4H3,(H,46,51,52). The van der Waals surface area contributed by atoms with Crippen LogP contribution in [0.2, 0.25) is 5.02 Å². The van der Waals surface area contributed by atoms with Crippen LogP contribution in [0.3, 0.4) is 0 Å². The average molecular weight is 761 g/mol. The zero-order valence-electron chi connectivity index (χ0n) is 31.7. The Labute approximate surface area is 326 Å². The van der Waals surface area contributed by atoms with E-state index in [1.165, 1.54) is 11.1 Å². The molecule has 1 unspecified atom stereocenters. The molecular weight excluding hydrogens is 716 g/mol. The van der Waals surface area contributed by atoms with E-state index in [1.807, 2.05) is 17.0 Å². The Morgan fingerprint density at radius 1 is 0.782 bits per heavy atom. The fourth-order valence-electron chi connectivity index (χ4n) is 11.0. The average Bonchev–Trinajstić information content (AvgIpc) is 3.81. The van der Waals surface area contributed by atoms with Gasteiger partial charge in [-0.3, -0.25) is 29.4 Å². The van der Waals surface area contributed by atoms with Gasteiger partial charge in [-0.15, -0.1) is 0 Å². The highest BCUT2D eigenvalue weighted by molar-refractivity contribution is 6.31. The highest BCUT2D eigenvalue weighted by Gasteiger charge is 2.67. The molecule has 2 saturated heterocycles. The first-order valence-corrected chi connectivity index (χ1v) is 19.7. The lowest BCUT2D eigenvalue weighted by molar-refractivity contribution is -0.199. The lowest BCUT2D eigenvalue weighted by Crippen LogP contribution is -2.74. The van der Waals surface area contributed by atoms with Crippen LogP contribution in [0.15, 0.2) is 48.5 Å². The number of carbonyl (C=O) groups is 4. The molecule has 9 rings (SSSR count). The SMILES string of the molecule is CC1(C)C(Oc2ccc(C#N)c(Cl)c2)C(C)(C)C1N1Cc2cc(N3CCC(N4Cc5cc6c(cc5C4)C(=O)N(C4CCC(=O)NC4=O)C6)CC3)ccc2C1=O. The van der Waals surface area contributed by atoms with Crippen molar-refractivity contribution >= 4 is 40.9 Å². The first kappa shape index (κ1) is 35.8. The maximum Gasteiger partial charge on any atom is 0.255 e. The van der Waals surface area contributed by atoms with Crippen molar-refractivity contribution in [3.8, 4) is 11.8 Å². The van der Waals surface area contributed by atoms with Crippen molar-refractivity contribution in [3.05, 3.63) is 92.5 Å². The number of anilines is 1. The molecule has 11 nitrogen and oxygen atoms in total. The van der Waals surface area contributed by atoms with Crippen LogP contribution in [0.5, 0.6) is 5.75 Å². The summed E-state index contributed by atoms with van der Waals surface area (Å²) in [5.74, 6) is -0.0999. The molecule has 1 aliphatic carbocycles. The quantitative estimate of drug-likeness (QED) is 0.313. The van der Waals surface area contributed by atoms with Gasteiger partial charge in [-0.1, -0.05) is 45.4 Å². The summed E-state index contributed by atoms with van der Waals surface area (Å²) in [6, 6.07) is 17.5. The van der Waals surface area contributed by atoms with Crippen molar-refractivity contribution in [2.24, 2.45) is 10.8 Å². The number of piperidine rings is 2. The number of rotatable bonds is 6. The fourth-order valence-corrected chi connectivity index (χ4v) is 11.2. The molecule has 0 aromatic heterocycles. The molecule has 12 heteroatoms. The molecule has 3 fully saturated rings. The molecule has 284 valence electrons. The Morgan fingerprint density at radius 3 is 2.15 bits per heavy atom. The topological polar surface area (TPSA) is 126 Å². The molecule has 1 saturated carbocycles. The fraction of sp³-hybridized carbons (Fsp3) is 0.465. The normalized spacial score (nSPS) is 25.7. The van der Waals surface area contributed by atoms with E-state index in [9.17, 15) is 24.4 Å². The number of amides is 4. The van der Waals surface area contributed by atoms with Gasteiger partial charge in [0.15, 0.2) is 0 Å². The summed E-state index contributed by atoms with van der Waals surface area (Å²) in [5, 5.41) is 12.0. The number of nitriles is 1. The van der Waals surface area contributed by atoms with Gasteiger partial charge in [-0.05, 0) is 77.9 Å². The molecule has 5 aliphatic heterocycles. The van der Waals surface area contributed by atoms with Crippen molar-refractivity contribution in [3.63, 3.8) is 0 Å². The third kappa shape index (κ3) is 5.71.